The summed E-state index contributed by atoms with van der Waals surface area (Å²) >= 11 is 7.63. The first-order valence-corrected chi connectivity index (χ1v) is 11.9. The van der Waals surface area contributed by atoms with Crippen molar-refractivity contribution in [2.75, 3.05) is 19.0 Å². The molecule has 1 heterocycles. The van der Waals surface area contributed by atoms with E-state index in [0.29, 0.717) is 19.6 Å². The number of nitrogens with zero attached hydrogens (tertiary/aromatic N) is 2. The number of hydrogen-bond donors (Lipinski definition) is 0. The van der Waals surface area contributed by atoms with E-state index in [1.54, 1.807) is 47.1 Å². The molecule has 0 aliphatic carbocycles. The van der Waals surface area contributed by atoms with Gasteiger partial charge in [0.2, 0.25) is 11.8 Å². The summed E-state index contributed by atoms with van der Waals surface area (Å²) < 4.78 is 13.3. The first kappa shape index (κ1) is 25.3. The summed E-state index contributed by atoms with van der Waals surface area (Å²) in [6.07, 6.45) is 0. The fourth-order valence-corrected chi connectivity index (χ4v) is 4.23. The topological polar surface area (TPSA) is 40.6 Å². The van der Waals surface area contributed by atoms with Gasteiger partial charge in [0, 0.05) is 23.8 Å². The minimum Gasteiger partial charge on any atom is -0.333 e. The minimum absolute atomic E-state index is 0.0110. The van der Waals surface area contributed by atoms with Gasteiger partial charge in [-0.05, 0) is 61.4 Å². The predicted octanol–water partition coefficient (Wildman–Crippen LogP) is 5.47. The van der Waals surface area contributed by atoms with Crippen LogP contribution in [0.4, 0.5) is 4.39 Å². The van der Waals surface area contributed by atoms with Crippen molar-refractivity contribution in [3.8, 4) is 0 Å². The molecule has 7 heteroatoms. The van der Waals surface area contributed by atoms with E-state index in [1.807, 2.05) is 32.2 Å². The highest BCUT2D eigenvalue weighted by molar-refractivity contribution is 7.10. The average molecular weight is 467 g/mol. The molecule has 0 radical (unpaired) electrons. The number of halogens is 2. The second-order valence-corrected chi connectivity index (χ2v) is 10.3. The predicted molar refractivity (Wildman–Crippen MR) is 126 cm³/mol. The zero-order valence-corrected chi connectivity index (χ0v) is 20.5. The van der Waals surface area contributed by atoms with Crippen molar-refractivity contribution in [1.29, 1.82) is 0 Å². The second kappa shape index (κ2) is 11.1. The van der Waals surface area contributed by atoms with E-state index in [4.69, 9.17) is 11.6 Å². The fraction of sp³-hybridized carbons (Fsp3) is 0.500. The van der Waals surface area contributed by atoms with Crippen LogP contribution in [0.1, 0.15) is 43.7 Å². The quantitative estimate of drug-likeness (QED) is 0.435. The molecule has 31 heavy (non-hydrogen) atoms. The van der Waals surface area contributed by atoms with Crippen LogP contribution in [0.5, 0.6) is 0 Å². The van der Waals surface area contributed by atoms with Crippen molar-refractivity contribution in [2.24, 2.45) is 11.3 Å². The Labute approximate surface area is 194 Å². The lowest BCUT2D eigenvalue weighted by molar-refractivity contribution is -0.146. The molecule has 0 aliphatic rings. The third-order valence-corrected chi connectivity index (χ3v) is 6.73. The summed E-state index contributed by atoms with van der Waals surface area (Å²) in [5.41, 5.74) is 1.22. The van der Waals surface area contributed by atoms with Crippen LogP contribution >= 0.6 is 22.9 Å². The van der Waals surface area contributed by atoms with E-state index >= 15 is 0 Å². The van der Waals surface area contributed by atoms with Gasteiger partial charge >= 0.3 is 0 Å². The molecule has 1 aromatic carbocycles. The minimum atomic E-state index is -0.747. The van der Waals surface area contributed by atoms with Gasteiger partial charge in [-0.2, -0.15) is 0 Å². The lowest BCUT2D eigenvalue weighted by Gasteiger charge is -2.33. The molecular weight excluding hydrogens is 435 g/mol. The first-order valence-electron chi connectivity index (χ1n) is 10.4. The van der Waals surface area contributed by atoms with Crippen molar-refractivity contribution >= 4 is 34.8 Å². The molecule has 4 nitrogen and oxygen atoms in total. The molecule has 1 aromatic heterocycles. The summed E-state index contributed by atoms with van der Waals surface area (Å²) in [4.78, 5) is 30.9. The van der Waals surface area contributed by atoms with Gasteiger partial charge in [0.05, 0.1) is 18.5 Å². The van der Waals surface area contributed by atoms with E-state index in [9.17, 15) is 14.0 Å². The highest BCUT2D eigenvalue weighted by Gasteiger charge is 2.33. The number of amides is 2. The monoisotopic (exact) mass is 466 g/mol. The van der Waals surface area contributed by atoms with Crippen molar-refractivity contribution in [3.05, 3.63) is 57.5 Å². The number of rotatable bonds is 10. The Hall–Kier alpha value is -1.92. The van der Waals surface area contributed by atoms with E-state index in [1.165, 1.54) is 12.1 Å². The molecular formula is C24H32ClFN2O2S. The third kappa shape index (κ3) is 7.32. The van der Waals surface area contributed by atoms with Crippen LogP contribution in [0.3, 0.4) is 0 Å². The van der Waals surface area contributed by atoms with Crippen LogP contribution in [0.2, 0.25) is 0 Å². The van der Waals surface area contributed by atoms with E-state index < -0.39 is 5.41 Å². The van der Waals surface area contributed by atoms with Crippen LogP contribution in [0.25, 0.3) is 0 Å². The molecule has 0 bridgehead atoms. The lowest BCUT2D eigenvalue weighted by atomic mass is 9.93. The van der Waals surface area contributed by atoms with Gasteiger partial charge in [0.1, 0.15) is 5.82 Å². The first-order chi connectivity index (χ1) is 14.5. The summed E-state index contributed by atoms with van der Waals surface area (Å²) in [6.45, 7) is 10.9. The fourth-order valence-electron chi connectivity index (χ4n) is 3.19. The molecule has 2 amide bonds. The van der Waals surface area contributed by atoms with Gasteiger partial charge < -0.3 is 9.80 Å². The van der Waals surface area contributed by atoms with Gasteiger partial charge in [-0.25, -0.2) is 4.39 Å². The maximum atomic E-state index is 13.4. The number of carbonyl (C=O) groups is 2. The molecule has 2 rings (SSSR count). The molecule has 0 aliphatic heterocycles. The Bertz CT molecular complexity index is 880. The van der Waals surface area contributed by atoms with E-state index in [-0.39, 0.29) is 36.0 Å². The number of hydrogen-bond acceptors (Lipinski definition) is 3. The Balaban J connectivity index is 2.27. The molecule has 0 unspecified atom stereocenters. The number of benzene rings is 1. The molecule has 0 atom stereocenters. The maximum absolute atomic E-state index is 13.4. The van der Waals surface area contributed by atoms with Crippen LogP contribution in [0, 0.1) is 24.1 Å². The molecule has 170 valence electrons. The highest BCUT2D eigenvalue weighted by Crippen LogP contribution is 2.23. The largest absolute Gasteiger partial charge is 0.333 e. The number of thiophene rings is 1. The van der Waals surface area contributed by atoms with Gasteiger partial charge in [-0.3, -0.25) is 9.59 Å². The molecule has 0 saturated carbocycles. The highest BCUT2D eigenvalue weighted by atomic mass is 35.5. The Morgan fingerprint density at radius 2 is 1.74 bits per heavy atom. The van der Waals surface area contributed by atoms with Crippen molar-refractivity contribution < 1.29 is 14.0 Å². The lowest BCUT2D eigenvalue weighted by Crippen LogP contribution is -2.48. The van der Waals surface area contributed by atoms with Crippen molar-refractivity contribution in [1.82, 2.24) is 9.80 Å². The summed E-state index contributed by atoms with van der Waals surface area (Å²) in [7, 11) is 0. The number of aryl methyl sites for hydroxylation is 1. The number of carbonyl (C=O) groups excluding carboxylic acids is 2. The van der Waals surface area contributed by atoms with Gasteiger partial charge in [-0.1, -0.05) is 26.0 Å². The van der Waals surface area contributed by atoms with Crippen LogP contribution in [-0.4, -0.2) is 40.6 Å². The van der Waals surface area contributed by atoms with E-state index in [2.05, 4.69) is 0 Å². The van der Waals surface area contributed by atoms with Crippen LogP contribution < -0.4 is 0 Å². The maximum Gasteiger partial charge on any atom is 0.242 e. The standard InChI is InChI=1S/C24H32ClFN2O2S/c1-17(2)12-28(23(30)24(4,5)16-25)15-22(29)27(14-21-18(3)10-11-31-21)13-19-6-8-20(26)9-7-19/h6-11,17H,12-16H2,1-5H3. The Morgan fingerprint density at radius 3 is 2.26 bits per heavy atom. The molecule has 0 saturated heterocycles. The SMILES string of the molecule is Cc1ccsc1CN(Cc1ccc(F)cc1)C(=O)CN(CC(C)C)C(=O)C(C)(C)CCl. The average Bonchev–Trinajstić information content (AvgIpc) is 3.12. The van der Waals surface area contributed by atoms with Crippen molar-refractivity contribution in [2.45, 2.75) is 47.7 Å². The number of alkyl halides is 1. The molecule has 0 fully saturated rings. The third-order valence-electron chi connectivity index (χ3n) is 5.05. The summed E-state index contributed by atoms with van der Waals surface area (Å²) in [5.74, 6) is -0.182. The smallest absolute Gasteiger partial charge is 0.242 e. The molecule has 0 spiro atoms. The van der Waals surface area contributed by atoms with Gasteiger partial charge in [-0.15, -0.1) is 22.9 Å². The van der Waals surface area contributed by atoms with E-state index in [0.717, 1.165) is 16.0 Å². The van der Waals surface area contributed by atoms with Crippen LogP contribution in [-0.2, 0) is 22.7 Å². The molecule has 2 aromatic rings. The normalized spacial score (nSPS) is 11.6. The zero-order chi connectivity index (χ0) is 23.2. The van der Waals surface area contributed by atoms with Gasteiger partial charge in [0.15, 0.2) is 0 Å². The summed E-state index contributed by atoms with van der Waals surface area (Å²) in [6, 6.07) is 8.19. The molecule has 0 N–H and O–H groups in total. The Kier molecular flexibility index (Phi) is 9.07. The van der Waals surface area contributed by atoms with Crippen LogP contribution in [0.15, 0.2) is 35.7 Å². The zero-order valence-electron chi connectivity index (χ0n) is 19.0. The Morgan fingerprint density at radius 1 is 1.10 bits per heavy atom. The van der Waals surface area contributed by atoms with Gasteiger partial charge in [0.25, 0.3) is 0 Å². The second-order valence-electron chi connectivity index (χ2n) is 9.00. The van der Waals surface area contributed by atoms with Crippen molar-refractivity contribution in [3.63, 3.8) is 0 Å². The summed E-state index contributed by atoms with van der Waals surface area (Å²) in [5, 5.41) is 2.00.